The first-order valence-corrected chi connectivity index (χ1v) is 4.15. The Bertz CT molecular complexity index is 191. The molecule has 2 heterocycles. The minimum absolute atomic E-state index is 0.116. The van der Waals surface area contributed by atoms with Crippen LogP contribution in [0, 0.1) is 0 Å². The molecule has 3 nitrogen and oxygen atoms in total. The first kappa shape index (κ1) is 7.28. The van der Waals surface area contributed by atoms with Gasteiger partial charge in [-0.1, -0.05) is 0 Å². The summed E-state index contributed by atoms with van der Waals surface area (Å²) in [6.07, 6.45) is 2.73. The van der Waals surface area contributed by atoms with E-state index >= 15 is 0 Å². The fourth-order valence-electron chi connectivity index (χ4n) is 2.22. The van der Waals surface area contributed by atoms with Crippen molar-refractivity contribution in [1.29, 1.82) is 0 Å². The highest BCUT2D eigenvalue weighted by Gasteiger charge is 2.41. The van der Waals surface area contributed by atoms with Gasteiger partial charge in [0.15, 0.2) is 0 Å². The number of rotatable bonds is 1. The minimum Gasteiger partial charge on any atom is -0.392 e. The zero-order chi connectivity index (χ0) is 7.84. The van der Waals surface area contributed by atoms with Crippen molar-refractivity contribution in [2.75, 3.05) is 19.7 Å². The topological polar surface area (TPSA) is 44.9 Å². The number of aliphatic hydroxyl groups is 2. The van der Waals surface area contributed by atoms with Crippen LogP contribution in [0.5, 0.6) is 0 Å². The van der Waals surface area contributed by atoms with Gasteiger partial charge in [0.2, 0.25) is 0 Å². The molecule has 0 aromatic heterocycles. The van der Waals surface area contributed by atoms with Crippen molar-refractivity contribution in [1.82, 2.24) is 0 Å². The lowest BCUT2D eigenvalue weighted by molar-refractivity contribution is -0.897. The fourth-order valence-corrected chi connectivity index (χ4v) is 2.22. The normalized spacial score (nSPS) is 42.4. The molecule has 2 rings (SSSR count). The molecule has 3 atom stereocenters. The molecule has 2 aliphatic heterocycles. The second kappa shape index (κ2) is 2.59. The third-order valence-electron chi connectivity index (χ3n) is 2.79. The third-order valence-corrected chi connectivity index (χ3v) is 2.79. The van der Waals surface area contributed by atoms with Crippen molar-refractivity contribution in [3.63, 3.8) is 0 Å². The molecule has 0 amide bonds. The monoisotopic (exact) mass is 156 g/mol. The molecule has 1 unspecified atom stereocenters. The van der Waals surface area contributed by atoms with Crippen molar-refractivity contribution in [2.45, 2.75) is 18.6 Å². The van der Waals surface area contributed by atoms with Gasteiger partial charge in [-0.15, -0.1) is 0 Å². The lowest BCUT2D eigenvalue weighted by Gasteiger charge is -2.16. The number of quaternary nitrogens is 1. The minimum atomic E-state index is -0.217. The van der Waals surface area contributed by atoms with Gasteiger partial charge in [-0.05, 0) is 6.08 Å². The number of fused-ring (bicyclic) bond motifs is 1. The van der Waals surface area contributed by atoms with Crippen LogP contribution in [0.15, 0.2) is 11.6 Å². The Balaban J connectivity index is 2.15. The Hall–Kier alpha value is -0.380. The second-order valence-electron chi connectivity index (χ2n) is 3.38. The lowest BCUT2D eigenvalue weighted by atomic mass is 10.1. The van der Waals surface area contributed by atoms with Gasteiger partial charge in [-0.2, -0.15) is 0 Å². The third kappa shape index (κ3) is 1.00. The van der Waals surface area contributed by atoms with Gasteiger partial charge in [-0.3, -0.25) is 0 Å². The molecule has 0 bridgehead atoms. The average Bonchev–Trinajstić information content (AvgIpc) is 2.54. The predicted molar refractivity (Wildman–Crippen MR) is 40.3 cm³/mol. The zero-order valence-electron chi connectivity index (χ0n) is 6.45. The Morgan fingerprint density at radius 3 is 3.18 bits per heavy atom. The van der Waals surface area contributed by atoms with E-state index in [-0.39, 0.29) is 18.8 Å². The largest absolute Gasteiger partial charge is 0.392 e. The van der Waals surface area contributed by atoms with Crippen LogP contribution < -0.4 is 4.90 Å². The van der Waals surface area contributed by atoms with Crippen LogP contribution in [-0.2, 0) is 0 Å². The number of aliphatic hydroxyl groups excluding tert-OH is 2. The highest BCUT2D eigenvalue weighted by molar-refractivity contribution is 5.15. The molecule has 0 aromatic rings. The number of nitrogens with one attached hydrogen (secondary N) is 1. The highest BCUT2D eigenvalue weighted by Crippen LogP contribution is 2.14. The van der Waals surface area contributed by atoms with E-state index in [9.17, 15) is 5.11 Å². The molecule has 11 heavy (non-hydrogen) atoms. The summed E-state index contributed by atoms with van der Waals surface area (Å²) in [7, 11) is 0. The maximum Gasteiger partial charge on any atom is 0.138 e. The lowest BCUT2D eigenvalue weighted by Crippen LogP contribution is -3.12. The number of hydrogen-bond acceptors (Lipinski definition) is 2. The molecule has 1 fully saturated rings. The number of hydrogen-bond donors (Lipinski definition) is 3. The average molecular weight is 156 g/mol. The van der Waals surface area contributed by atoms with Crippen LogP contribution >= 0.6 is 0 Å². The molecule has 1 saturated heterocycles. The Morgan fingerprint density at radius 2 is 2.45 bits per heavy atom. The van der Waals surface area contributed by atoms with Crippen LogP contribution in [-0.4, -0.2) is 42.1 Å². The smallest absolute Gasteiger partial charge is 0.138 e. The van der Waals surface area contributed by atoms with Gasteiger partial charge in [-0.25, -0.2) is 0 Å². The predicted octanol–water partition coefficient (Wildman–Crippen LogP) is -2.06. The van der Waals surface area contributed by atoms with Crippen LogP contribution in [0.25, 0.3) is 0 Å². The molecule has 0 aromatic carbocycles. The maximum atomic E-state index is 9.53. The van der Waals surface area contributed by atoms with E-state index in [1.165, 1.54) is 4.90 Å². The quantitative estimate of drug-likeness (QED) is 0.382. The summed E-state index contributed by atoms with van der Waals surface area (Å²) in [5, 5.41) is 18.5. The van der Waals surface area contributed by atoms with Crippen molar-refractivity contribution in [3.05, 3.63) is 11.6 Å². The molecule has 3 N–H and O–H groups in total. The molecular formula is C8H14NO2+. The van der Waals surface area contributed by atoms with E-state index in [2.05, 4.69) is 6.08 Å². The first-order chi connectivity index (χ1) is 5.33. The standard InChI is InChI=1S/C8H13NO2/c10-5-6-1-3-9-4-2-7(11)8(6)9/h1,7-8,10-11H,2-5H2/p+1/t7-,8-/m1/s1. The fraction of sp³-hybridized carbons (Fsp3) is 0.750. The summed E-state index contributed by atoms with van der Waals surface area (Å²) in [5.41, 5.74) is 1.03. The summed E-state index contributed by atoms with van der Waals surface area (Å²) >= 11 is 0. The van der Waals surface area contributed by atoms with E-state index in [4.69, 9.17) is 5.11 Å². The molecule has 2 aliphatic rings. The summed E-state index contributed by atoms with van der Waals surface area (Å²) in [6, 6.07) is 0.208. The SMILES string of the molecule is OCC1=CC[NH+]2CC[C@@H](O)[C@@H]12. The molecule has 0 aliphatic carbocycles. The van der Waals surface area contributed by atoms with Gasteiger partial charge in [0.1, 0.15) is 12.1 Å². The van der Waals surface area contributed by atoms with Gasteiger partial charge in [0, 0.05) is 12.0 Å². The van der Waals surface area contributed by atoms with E-state index in [0.717, 1.165) is 25.1 Å². The van der Waals surface area contributed by atoms with Crippen LogP contribution in [0.1, 0.15) is 6.42 Å². The molecule has 0 saturated carbocycles. The molecular weight excluding hydrogens is 142 g/mol. The summed E-state index contributed by atoms with van der Waals surface area (Å²) in [4.78, 5) is 1.42. The Morgan fingerprint density at radius 1 is 1.64 bits per heavy atom. The Kier molecular flexibility index (Phi) is 1.71. The summed E-state index contributed by atoms with van der Waals surface area (Å²) < 4.78 is 0. The second-order valence-corrected chi connectivity index (χ2v) is 3.38. The Labute approximate surface area is 65.9 Å². The van der Waals surface area contributed by atoms with E-state index in [1.807, 2.05) is 0 Å². The maximum absolute atomic E-state index is 9.53. The highest BCUT2D eigenvalue weighted by atomic mass is 16.3. The van der Waals surface area contributed by atoms with E-state index in [0.29, 0.717) is 0 Å². The molecule has 3 heteroatoms. The van der Waals surface area contributed by atoms with Crippen molar-refractivity contribution in [3.8, 4) is 0 Å². The van der Waals surface area contributed by atoms with E-state index in [1.54, 1.807) is 0 Å². The molecule has 0 radical (unpaired) electrons. The first-order valence-electron chi connectivity index (χ1n) is 4.15. The van der Waals surface area contributed by atoms with Gasteiger partial charge in [0.25, 0.3) is 0 Å². The molecule has 0 spiro atoms. The van der Waals surface area contributed by atoms with Gasteiger partial charge < -0.3 is 15.1 Å². The summed E-state index contributed by atoms with van der Waals surface area (Å²) in [5.74, 6) is 0. The van der Waals surface area contributed by atoms with Gasteiger partial charge in [0.05, 0.1) is 19.7 Å². The van der Waals surface area contributed by atoms with Crippen LogP contribution in [0.3, 0.4) is 0 Å². The van der Waals surface area contributed by atoms with E-state index < -0.39 is 0 Å². The zero-order valence-corrected chi connectivity index (χ0v) is 6.45. The van der Waals surface area contributed by atoms with Crippen molar-refractivity contribution < 1.29 is 15.1 Å². The molecule has 62 valence electrons. The van der Waals surface area contributed by atoms with Gasteiger partial charge >= 0.3 is 0 Å². The van der Waals surface area contributed by atoms with Crippen LogP contribution in [0.2, 0.25) is 0 Å². The van der Waals surface area contributed by atoms with Crippen molar-refractivity contribution >= 4 is 0 Å². The van der Waals surface area contributed by atoms with Crippen LogP contribution in [0.4, 0.5) is 0 Å². The van der Waals surface area contributed by atoms with Crippen molar-refractivity contribution in [2.24, 2.45) is 0 Å². The summed E-state index contributed by atoms with van der Waals surface area (Å²) in [6.45, 7) is 2.15.